The van der Waals surface area contributed by atoms with Gasteiger partial charge in [0.25, 0.3) is 0 Å². The molecule has 2 saturated heterocycles. The van der Waals surface area contributed by atoms with Gasteiger partial charge >= 0.3 is 0 Å². The summed E-state index contributed by atoms with van der Waals surface area (Å²) in [5.41, 5.74) is 0. The van der Waals surface area contributed by atoms with Gasteiger partial charge in [-0.05, 0) is 44.8 Å². The first kappa shape index (κ1) is 11.2. The fraction of sp³-hybridized carbons (Fsp3) is 0.846. The van der Waals surface area contributed by atoms with Crippen LogP contribution in [0.3, 0.4) is 0 Å². The van der Waals surface area contributed by atoms with Crippen molar-refractivity contribution >= 4 is 0 Å². The summed E-state index contributed by atoms with van der Waals surface area (Å²) >= 11 is 0. The Labute approximate surface area is 93.9 Å². The molecule has 0 amide bonds. The molecule has 0 aromatic carbocycles. The maximum atomic E-state index is 2.56. The van der Waals surface area contributed by atoms with Crippen molar-refractivity contribution in [2.75, 3.05) is 39.3 Å². The second kappa shape index (κ2) is 5.66. The van der Waals surface area contributed by atoms with Gasteiger partial charge in [-0.3, -0.25) is 9.80 Å². The van der Waals surface area contributed by atoms with Crippen LogP contribution in [0.1, 0.15) is 26.2 Å². The number of hydrogen-bond acceptors (Lipinski definition) is 2. The monoisotopic (exact) mass is 208 g/mol. The number of hydrogen-bond donors (Lipinski definition) is 0. The van der Waals surface area contributed by atoms with Crippen molar-refractivity contribution in [1.82, 2.24) is 9.80 Å². The zero-order chi connectivity index (χ0) is 10.5. The predicted molar refractivity (Wildman–Crippen MR) is 65.0 cm³/mol. The molecule has 15 heavy (non-hydrogen) atoms. The van der Waals surface area contributed by atoms with Crippen LogP contribution in [0.4, 0.5) is 0 Å². The molecule has 0 bridgehead atoms. The highest BCUT2D eigenvalue weighted by molar-refractivity contribution is 4.90. The van der Waals surface area contributed by atoms with Crippen LogP contribution in [0.15, 0.2) is 12.2 Å². The fourth-order valence-corrected chi connectivity index (χ4v) is 2.60. The highest BCUT2D eigenvalue weighted by Gasteiger charge is 2.16. The van der Waals surface area contributed by atoms with Crippen molar-refractivity contribution in [3.8, 4) is 0 Å². The standard InChI is InChI=1S/C13H24N2/c1-13-6-11-15(12-13)10-5-4-9-14-7-2-3-8-14/h4-5,13H,2-3,6-12H2,1H3/b5-4+. The van der Waals surface area contributed by atoms with E-state index in [9.17, 15) is 0 Å². The van der Waals surface area contributed by atoms with Crippen LogP contribution in [0, 0.1) is 5.92 Å². The lowest BCUT2D eigenvalue weighted by atomic mass is 10.2. The number of likely N-dealkylation sites (tertiary alicyclic amines) is 2. The summed E-state index contributed by atoms with van der Waals surface area (Å²) in [5, 5.41) is 0. The van der Waals surface area contributed by atoms with Crippen LogP contribution in [-0.2, 0) is 0 Å². The molecule has 1 atom stereocenters. The Morgan fingerprint density at radius 1 is 1.00 bits per heavy atom. The van der Waals surface area contributed by atoms with Gasteiger partial charge in [-0.2, -0.15) is 0 Å². The zero-order valence-corrected chi connectivity index (χ0v) is 9.99. The first-order valence-electron chi connectivity index (χ1n) is 6.44. The van der Waals surface area contributed by atoms with E-state index in [0.29, 0.717) is 0 Å². The smallest absolute Gasteiger partial charge is 0.0163 e. The van der Waals surface area contributed by atoms with E-state index in [2.05, 4.69) is 28.9 Å². The first-order chi connectivity index (χ1) is 7.34. The Balaban J connectivity index is 1.58. The van der Waals surface area contributed by atoms with Crippen LogP contribution in [-0.4, -0.2) is 49.1 Å². The first-order valence-corrected chi connectivity index (χ1v) is 6.44. The summed E-state index contributed by atoms with van der Waals surface area (Å²) in [6, 6.07) is 0. The lowest BCUT2D eigenvalue weighted by Crippen LogP contribution is -2.21. The van der Waals surface area contributed by atoms with E-state index < -0.39 is 0 Å². The van der Waals surface area contributed by atoms with Gasteiger partial charge in [0, 0.05) is 19.6 Å². The number of rotatable bonds is 4. The molecule has 0 aromatic rings. The van der Waals surface area contributed by atoms with E-state index in [1.54, 1.807) is 0 Å². The largest absolute Gasteiger partial charge is 0.300 e. The second-order valence-electron chi connectivity index (χ2n) is 5.13. The van der Waals surface area contributed by atoms with E-state index in [4.69, 9.17) is 0 Å². The average Bonchev–Trinajstić information content (AvgIpc) is 2.84. The van der Waals surface area contributed by atoms with E-state index >= 15 is 0 Å². The van der Waals surface area contributed by atoms with Crippen LogP contribution >= 0.6 is 0 Å². The van der Waals surface area contributed by atoms with Crippen molar-refractivity contribution in [3.63, 3.8) is 0 Å². The quantitative estimate of drug-likeness (QED) is 0.652. The van der Waals surface area contributed by atoms with Gasteiger partial charge < -0.3 is 0 Å². The molecule has 0 saturated carbocycles. The van der Waals surface area contributed by atoms with Crippen molar-refractivity contribution in [1.29, 1.82) is 0 Å². The van der Waals surface area contributed by atoms with Gasteiger partial charge in [-0.15, -0.1) is 0 Å². The van der Waals surface area contributed by atoms with Gasteiger partial charge in [0.2, 0.25) is 0 Å². The molecule has 2 heteroatoms. The molecule has 86 valence electrons. The molecule has 2 fully saturated rings. The molecule has 2 aliphatic heterocycles. The van der Waals surface area contributed by atoms with Crippen LogP contribution in [0.2, 0.25) is 0 Å². The summed E-state index contributed by atoms with van der Waals surface area (Å²) in [7, 11) is 0. The summed E-state index contributed by atoms with van der Waals surface area (Å²) in [5.74, 6) is 0.914. The van der Waals surface area contributed by atoms with Crippen LogP contribution in [0.5, 0.6) is 0 Å². The van der Waals surface area contributed by atoms with Gasteiger partial charge in [0.1, 0.15) is 0 Å². The molecular weight excluding hydrogens is 184 g/mol. The van der Waals surface area contributed by atoms with Crippen molar-refractivity contribution in [2.45, 2.75) is 26.2 Å². The third-order valence-electron chi connectivity index (χ3n) is 3.60. The van der Waals surface area contributed by atoms with E-state index in [-0.39, 0.29) is 0 Å². The van der Waals surface area contributed by atoms with E-state index in [1.807, 2.05) is 0 Å². The third-order valence-corrected chi connectivity index (χ3v) is 3.60. The molecule has 0 radical (unpaired) electrons. The van der Waals surface area contributed by atoms with Crippen LogP contribution in [0.25, 0.3) is 0 Å². The summed E-state index contributed by atoms with van der Waals surface area (Å²) in [4.78, 5) is 5.11. The molecule has 0 N–H and O–H groups in total. The normalized spacial score (nSPS) is 29.5. The zero-order valence-electron chi connectivity index (χ0n) is 9.99. The van der Waals surface area contributed by atoms with E-state index in [1.165, 1.54) is 52.0 Å². The van der Waals surface area contributed by atoms with Gasteiger partial charge in [-0.25, -0.2) is 0 Å². The molecule has 2 nitrogen and oxygen atoms in total. The Morgan fingerprint density at radius 2 is 1.67 bits per heavy atom. The average molecular weight is 208 g/mol. The van der Waals surface area contributed by atoms with Gasteiger partial charge in [-0.1, -0.05) is 19.1 Å². The summed E-state index contributed by atoms with van der Waals surface area (Å²) < 4.78 is 0. The highest BCUT2D eigenvalue weighted by atomic mass is 15.1. The topological polar surface area (TPSA) is 6.48 Å². The second-order valence-corrected chi connectivity index (χ2v) is 5.13. The minimum atomic E-state index is 0.914. The fourth-order valence-electron chi connectivity index (χ4n) is 2.60. The summed E-state index contributed by atoms with van der Waals surface area (Å²) in [6.45, 7) is 9.91. The molecule has 1 unspecified atom stereocenters. The lowest BCUT2D eigenvalue weighted by Gasteiger charge is -2.13. The molecule has 2 aliphatic rings. The Kier molecular flexibility index (Phi) is 4.21. The van der Waals surface area contributed by atoms with Gasteiger partial charge in [0.05, 0.1) is 0 Å². The minimum Gasteiger partial charge on any atom is -0.300 e. The Morgan fingerprint density at radius 3 is 2.27 bits per heavy atom. The van der Waals surface area contributed by atoms with Crippen molar-refractivity contribution in [3.05, 3.63) is 12.2 Å². The van der Waals surface area contributed by atoms with Crippen LogP contribution < -0.4 is 0 Å². The Bertz CT molecular complexity index is 207. The molecule has 0 aliphatic carbocycles. The maximum Gasteiger partial charge on any atom is 0.0163 e. The lowest BCUT2D eigenvalue weighted by molar-refractivity contribution is 0.359. The number of nitrogens with zero attached hydrogens (tertiary/aromatic N) is 2. The molecule has 2 rings (SSSR count). The van der Waals surface area contributed by atoms with Gasteiger partial charge in [0.15, 0.2) is 0 Å². The predicted octanol–water partition coefficient (Wildman–Crippen LogP) is 1.98. The highest BCUT2D eigenvalue weighted by Crippen LogP contribution is 2.14. The van der Waals surface area contributed by atoms with Crippen molar-refractivity contribution < 1.29 is 0 Å². The molecule has 2 heterocycles. The molecular formula is C13H24N2. The third kappa shape index (κ3) is 3.62. The Hall–Kier alpha value is -0.340. The minimum absolute atomic E-state index is 0.914. The van der Waals surface area contributed by atoms with Crippen molar-refractivity contribution in [2.24, 2.45) is 5.92 Å². The maximum absolute atomic E-state index is 2.56. The molecule has 0 aromatic heterocycles. The SMILES string of the molecule is CC1CCN(C/C=C/CN2CCCC2)C1. The molecule has 0 spiro atoms. The summed E-state index contributed by atoms with van der Waals surface area (Å²) in [6.07, 6.45) is 8.90. The van der Waals surface area contributed by atoms with E-state index in [0.717, 1.165) is 12.5 Å².